The minimum absolute atomic E-state index is 0.177. The second-order valence-corrected chi connectivity index (χ2v) is 7.12. The van der Waals surface area contributed by atoms with Gasteiger partial charge >= 0.3 is 0 Å². The number of hydrogen-bond acceptors (Lipinski definition) is 4. The summed E-state index contributed by atoms with van der Waals surface area (Å²) in [5.41, 5.74) is -2.01. The summed E-state index contributed by atoms with van der Waals surface area (Å²) in [5, 5.41) is 24.7. The predicted octanol–water partition coefficient (Wildman–Crippen LogP) is 1.33. The lowest BCUT2D eigenvalue weighted by molar-refractivity contribution is -0.187. The van der Waals surface area contributed by atoms with Crippen molar-refractivity contribution in [1.82, 2.24) is 10.2 Å². The summed E-state index contributed by atoms with van der Waals surface area (Å²) in [6.45, 7) is 2.60. The summed E-state index contributed by atoms with van der Waals surface area (Å²) < 4.78 is 26.6. The summed E-state index contributed by atoms with van der Waals surface area (Å²) >= 11 is 0. The zero-order chi connectivity index (χ0) is 16.7. The van der Waals surface area contributed by atoms with Crippen molar-refractivity contribution >= 4 is 0 Å². The third-order valence-corrected chi connectivity index (χ3v) is 5.18. The predicted molar refractivity (Wildman–Crippen MR) is 83.4 cm³/mol. The lowest BCUT2D eigenvalue weighted by Crippen LogP contribution is -2.62. The zero-order valence-electron chi connectivity index (χ0n) is 13.3. The number of rotatable bonds is 3. The second kappa shape index (κ2) is 5.77. The first kappa shape index (κ1) is 16.8. The minimum Gasteiger partial charge on any atom is -0.387 e. The average Bonchev–Trinajstić information content (AvgIpc) is 2.83. The van der Waals surface area contributed by atoms with Crippen molar-refractivity contribution in [3.63, 3.8) is 0 Å². The Labute approximate surface area is 135 Å². The highest BCUT2D eigenvalue weighted by atomic mass is 19.3. The number of hydrogen-bond donors (Lipinski definition) is 3. The Morgan fingerprint density at radius 1 is 1.26 bits per heavy atom. The van der Waals surface area contributed by atoms with Crippen LogP contribution < -0.4 is 5.32 Å². The zero-order valence-corrected chi connectivity index (χ0v) is 13.3. The van der Waals surface area contributed by atoms with Gasteiger partial charge in [0.15, 0.2) is 0 Å². The molecule has 3 rings (SSSR count). The van der Waals surface area contributed by atoms with Crippen LogP contribution in [0.2, 0.25) is 0 Å². The molecular formula is C17H24F2N2O2. The van der Waals surface area contributed by atoms with Crippen LogP contribution in [-0.4, -0.2) is 58.9 Å². The molecule has 0 saturated carbocycles. The molecule has 2 fully saturated rings. The third kappa shape index (κ3) is 3.26. The van der Waals surface area contributed by atoms with Gasteiger partial charge < -0.3 is 15.5 Å². The second-order valence-electron chi connectivity index (χ2n) is 7.12. The SMILES string of the molecule is C[C@@]1(O)CCN(CC2CC(F)(F)CN2)C[C@@]1(O)c1ccccc1. The van der Waals surface area contributed by atoms with Crippen molar-refractivity contribution in [1.29, 1.82) is 0 Å². The highest BCUT2D eigenvalue weighted by molar-refractivity contribution is 5.27. The van der Waals surface area contributed by atoms with Crippen LogP contribution >= 0.6 is 0 Å². The number of β-amino-alcohol motifs (C(OH)–C–C–N with tert-alkyl or cyclic N) is 1. The number of nitrogens with zero attached hydrogens (tertiary/aromatic N) is 1. The van der Waals surface area contributed by atoms with Gasteiger partial charge in [-0.15, -0.1) is 0 Å². The normalized spacial score (nSPS) is 37.9. The molecule has 128 valence electrons. The Bertz CT molecular complexity index is 553. The van der Waals surface area contributed by atoms with Gasteiger partial charge in [-0.2, -0.15) is 0 Å². The number of likely N-dealkylation sites (tertiary alicyclic amines) is 1. The number of piperidine rings is 1. The lowest BCUT2D eigenvalue weighted by atomic mass is 9.73. The molecule has 2 heterocycles. The van der Waals surface area contributed by atoms with Gasteiger partial charge in [-0.05, 0) is 18.9 Å². The van der Waals surface area contributed by atoms with Crippen LogP contribution in [0.1, 0.15) is 25.3 Å². The highest BCUT2D eigenvalue weighted by Gasteiger charge is 2.51. The fourth-order valence-corrected chi connectivity index (χ4v) is 3.67. The Balaban J connectivity index is 1.74. The van der Waals surface area contributed by atoms with Crippen LogP contribution in [-0.2, 0) is 5.60 Å². The monoisotopic (exact) mass is 326 g/mol. The molecule has 2 aliphatic heterocycles. The molecule has 0 spiro atoms. The number of alkyl halides is 2. The Hall–Kier alpha value is -1.08. The summed E-state index contributed by atoms with van der Waals surface area (Å²) in [6, 6.07) is 8.79. The van der Waals surface area contributed by atoms with Gasteiger partial charge in [-0.3, -0.25) is 4.90 Å². The van der Waals surface area contributed by atoms with Crippen LogP contribution in [0.15, 0.2) is 30.3 Å². The van der Waals surface area contributed by atoms with E-state index in [2.05, 4.69) is 5.32 Å². The molecule has 1 unspecified atom stereocenters. The topological polar surface area (TPSA) is 55.7 Å². The quantitative estimate of drug-likeness (QED) is 0.784. The molecule has 3 N–H and O–H groups in total. The summed E-state index contributed by atoms with van der Waals surface area (Å²) in [7, 11) is 0. The molecule has 1 aromatic carbocycles. The maximum absolute atomic E-state index is 13.3. The molecule has 0 bridgehead atoms. The molecule has 0 aliphatic carbocycles. The van der Waals surface area contributed by atoms with E-state index in [1.54, 1.807) is 19.1 Å². The van der Waals surface area contributed by atoms with Crippen molar-refractivity contribution < 1.29 is 19.0 Å². The third-order valence-electron chi connectivity index (χ3n) is 5.18. The first-order chi connectivity index (χ1) is 10.7. The first-order valence-electron chi connectivity index (χ1n) is 8.06. The molecule has 3 atom stereocenters. The van der Waals surface area contributed by atoms with E-state index in [4.69, 9.17) is 0 Å². The summed E-state index contributed by atoms with van der Waals surface area (Å²) in [5.74, 6) is -2.65. The molecule has 4 nitrogen and oxygen atoms in total. The van der Waals surface area contributed by atoms with Gasteiger partial charge in [0.05, 0.1) is 12.1 Å². The van der Waals surface area contributed by atoms with E-state index in [-0.39, 0.29) is 25.6 Å². The number of halogens is 2. The van der Waals surface area contributed by atoms with Gasteiger partial charge in [0.1, 0.15) is 5.60 Å². The Morgan fingerprint density at radius 3 is 2.57 bits per heavy atom. The van der Waals surface area contributed by atoms with Gasteiger partial charge in [0, 0.05) is 32.1 Å². The maximum atomic E-state index is 13.3. The minimum atomic E-state index is -2.65. The van der Waals surface area contributed by atoms with E-state index >= 15 is 0 Å². The highest BCUT2D eigenvalue weighted by Crippen LogP contribution is 2.40. The van der Waals surface area contributed by atoms with Crippen LogP contribution in [0.5, 0.6) is 0 Å². The molecule has 0 radical (unpaired) electrons. The molecule has 6 heteroatoms. The van der Waals surface area contributed by atoms with Crippen molar-refractivity contribution in [2.45, 2.75) is 42.9 Å². The smallest absolute Gasteiger partial charge is 0.261 e. The summed E-state index contributed by atoms with van der Waals surface area (Å²) in [4.78, 5) is 1.96. The Kier molecular flexibility index (Phi) is 4.21. The molecule has 2 aliphatic rings. The average molecular weight is 326 g/mol. The van der Waals surface area contributed by atoms with Crippen LogP contribution in [0, 0.1) is 0 Å². The molecule has 1 aromatic rings. The molecule has 2 saturated heterocycles. The number of aliphatic hydroxyl groups is 2. The lowest BCUT2D eigenvalue weighted by Gasteiger charge is -2.49. The van der Waals surface area contributed by atoms with Gasteiger partial charge in [0.25, 0.3) is 5.92 Å². The maximum Gasteiger partial charge on any atom is 0.261 e. The van der Waals surface area contributed by atoms with Crippen LogP contribution in [0.25, 0.3) is 0 Å². The molecular weight excluding hydrogens is 302 g/mol. The van der Waals surface area contributed by atoms with Gasteiger partial charge in [-0.25, -0.2) is 8.78 Å². The fourth-order valence-electron chi connectivity index (χ4n) is 3.67. The van der Waals surface area contributed by atoms with Gasteiger partial charge in [0.2, 0.25) is 0 Å². The van der Waals surface area contributed by atoms with Crippen molar-refractivity contribution in [3.8, 4) is 0 Å². The van der Waals surface area contributed by atoms with Gasteiger partial charge in [-0.1, -0.05) is 30.3 Å². The fraction of sp³-hybridized carbons (Fsp3) is 0.647. The van der Waals surface area contributed by atoms with Crippen LogP contribution in [0.3, 0.4) is 0 Å². The molecule has 0 amide bonds. The van der Waals surface area contributed by atoms with Crippen molar-refractivity contribution in [2.24, 2.45) is 0 Å². The Morgan fingerprint density at radius 2 is 1.96 bits per heavy atom. The van der Waals surface area contributed by atoms with E-state index in [9.17, 15) is 19.0 Å². The number of nitrogens with one attached hydrogen (secondary N) is 1. The molecule has 0 aromatic heterocycles. The molecule has 23 heavy (non-hydrogen) atoms. The van der Waals surface area contributed by atoms with E-state index in [0.29, 0.717) is 25.1 Å². The summed E-state index contributed by atoms with van der Waals surface area (Å²) in [6.07, 6.45) is 0.213. The van der Waals surface area contributed by atoms with E-state index in [1.165, 1.54) is 0 Å². The standard InChI is InChI=1S/C17H24F2N2O2/c1-15(22)7-8-21(10-14-9-16(18,19)11-20-14)12-17(15,23)13-5-3-2-4-6-13/h2-6,14,20,22-23H,7-12H2,1H3/t14?,15-,17-/m1/s1. The first-order valence-corrected chi connectivity index (χ1v) is 8.06. The van der Waals surface area contributed by atoms with Crippen molar-refractivity contribution in [3.05, 3.63) is 35.9 Å². The van der Waals surface area contributed by atoms with E-state index in [0.717, 1.165) is 0 Å². The largest absolute Gasteiger partial charge is 0.387 e. The van der Waals surface area contributed by atoms with Crippen molar-refractivity contribution in [2.75, 3.05) is 26.2 Å². The van der Waals surface area contributed by atoms with E-state index < -0.39 is 17.1 Å². The number of benzene rings is 1. The van der Waals surface area contributed by atoms with Crippen LogP contribution in [0.4, 0.5) is 8.78 Å². The van der Waals surface area contributed by atoms with E-state index in [1.807, 2.05) is 23.1 Å².